The summed E-state index contributed by atoms with van der Waals surface area (Å²) >= 11 is 0. The van der Waals surface area contributed by atoms with E-state index in [1.165, 1.54) is 0 Å². The van der Waals surface area contributed by atoms with E-state index >= 15 is 0 Å². The minimum atomic E-state index is -2.77. The number of imidazole rings is 1. The van der Waals surface area contributed by atoms with Crippen molar-refractivity contribution in [1.29, 1.82) is 0 Å². The third kappa shape index (κ3) is 2.55. The first kappa shape index (κ1) is 11.4. The van der Waals surface area contributed by atoms with Crippen LogP contribution in [0.3, 0.4) is 0 Å². The number of hydrogen-bond acceptors (Lipinski definition) is 4. The van der Waals surface area contributed by atoms with Gasteiger partial charge in [0.25, 0.3) is 0 Å². The zero-order valence-corrected chi connectivity index (χ0v) is 10.4. The van der Waals surface area contributed by atoms with Crippen molar-refractivity contribution in [2.24, 2.45) is 13.0 Å². The Morgan fingerprint density at radius 3 is 2.88 bits per heavy atom. The molecule has 1 aliphatic heterocycles. The van der Waals surface area contributed by atoms with E-state index in [0.717, 1.165) is 18.1 Å². The van der Waals surface area contributed by atoms with Crippen molar-refractivity contribution in [2.45, 2.75) is 13.3 Å². The summed E-state index contributed by atoms with van der Waals surface area (Å²) in [4.78, 5) is 4.31. The van der Waals surface area contributed by atoms with Crippen LogP contribution in [-0.2, 0) is 16.9 Å². The number of aromatic nitrogens is 2. The molecule has 1 N–H and O–H groups in total. The molecule has 6 heteroatoms. The van der Waals surface area contributed by atoms with Crippen LogP contribution in [0.5, 0.6) is 0 Å². The monoisotopic (exact) mass is 243 g/mol. The van der Waals surface area contributed by atoms with Crippen LogP contribution in [-0.4, -0.2) is 36.0 Å². The molecule has 0 aliphatic carbocycles. The van der Waals surface area contributed by atoms with E-state index in [0.29, 0.717) is 18.1 Å². The zero-order chi connectivity index (χ0) is 11.8. The van der Waals surface area contributed by atoms with Gasteiger partial charge in [0.05, 0.1) is 17.2 Å². The Balaban J connectivity index is 1.91. The number of anilines is 1. The molecule has 1 aliphatic rings. The number of sulfone groups is 1. The Kier molecular flexibility index (Phi) is 2.92. The Labute approximate surface area is 95.8 Å². The predicted molar refractivity (Wildman–Crippen MR) is 63.2 cm³/mol. The first-order valence-corrected chi connectivity index (χ1v) is 7.23. The highest BCUT2D eigenvalue weighted by Crippen LogP contribution is 2.18. The molecule has 16 heavy (non-hydrogen) atoms. The second-order valence-electron chi connectivity index (χ2n) is 4.47. The lowest BCUT2D eigenvalue weighted by atomic mass is 10.1. The first-order chi connectivity index (χ1) is 7.46. The van der Waals surface area contributed by atoms with Gasteiger partial charge in [-0.15, -0.1) is 0 Å². The molecule has 0 saturated carbocycles. The van der Waals surface area contributed by atoms with Crippen LogP contribution in [0.2, 0.25) is 0 Å². The summed E-state index contributed by atoms with van der Waals surface area (Å²) in [5, 5.41) is 3.20. The van der Waals surface area contributed by atoms with Gasteiger partial charge in [0.1, 0.15) is 0 Å². The summed E-state index contributed by atoms with van der Waals surface area (Å²) in [6.45, 7) is 2.62. The average Bonchev–Trinajstić information content (AvgIpc) is 2.66. The molecule has 1 fully saturated rings. The van der Waals surface area contributed by atoms with Crippen molar-refractivity contribution >= 4 is 15.8 Å². The molecule has 0 aromatic carbocycles. The zero-order valence-electron chi connectivity index (χ0n) is 9.60. The third-order valence-electron chi connectivity index (χ3n) is 2.87. The van der Waals surface area contributed by atoms with Crippen LogP contribution in [0.15, 0.2) is 6.20 Å². The third-order valence-corrected chi connectivity index (χ3v) is 4.71. The lowest BCUT2D eigenvalue weighted by Gasteiger charge is -2.09. The summed E-state index contributed by atoms with van der Waals surface area (Å²) in [7, 11) is -0.848. The van der Waals surface area contributed by atoms with E-state index in [1.807, 2.05) is 24.7 Å². The molecule has 1 saturated heterocycles. The molecule has 1 atom stereocenters. The van der Waals surface area contributed by atoms with Gasteiger partial charge in [-0.1, -0.05) is 0 Å². The highest BCUT2D eigenvalue weighted by atomic mass is 32.2. The van der Waals surface area contributed by atoms with Gasteiger partial charge in [0.2, 0.25) is 5.95 Å². The Hall–Kier alpha value is -1.04. The quantitative estimate of drug-likeness (QED) is 0.843. The van der Waals surface area contributed by atoms with Crippen molar-refractivity contribution in [1.82, 2.24) is 9.55 Å². The first-order valence-electron chi connectivity index (χ1n) is 5.40. The topological polar surface area (TPSA) is 64.0 Å². The molecular weight excluding hydrogens is 226 g/mol. The van der Waals surface area contributed by atoms with Gasteiger partial charge >= 0.3 is 0 Å². The smallest absolute Gasteiger partial charge is 0.202 e. The second kappa shape index (κ2) is 4.08. The highest BCUT2D eigenvalue weighted by Gasteiger charge is 2.27. The van der Waals surface area contributed by atoms with Gasteiger partial charge < -0.3 is 9.88 Å². The molecule has 1 aromatic rings. The van der Waals surface area contributed by atoms with Crippen LogP contribution in [0, 0.1) is 12.8 Å². The van der Waals surface area contributed by atoms with Gasteiger partial charge in [0, 0.05) is 19.8 Å². The summed E-state index contributed by atoms with van der Waals surface area (Å²) < 4.78 is 24.5. The molecule has 5 nitrogen and oxygen atoms in total. The fraction of sp³-hybridized carbons (Fsp3) is 0.700. The molecule has 1 aromatic heterocycles. The van der Waals surface area contributed by atoms with E-state index < -0.39 is 9.84 Å². The molecule has 1 unspecified atom stereocenters. The molecular formula is C10H17N3O2S. The van der Waals surface area contributed by atoms with Crippen molar-refractivity contribution in [3.05, 3.63) is 11.9 Å². The maximum atomic E-state index is 11.3. The van der Waals surface area contributed by atoms with E-state index in [4.69, 9.17) is 0 Å². The number of rotatable bonds is 3. The van der Waals surface area contributed by atoms with Gasteiger partial charge in [-0.3, -0.25) is 0 Å². The number of aryl methyl sites for hydroxylation is 2. The van der Waals surface area contributed by atoms with Crippen molar-refractivity contribution in [3.63, 3.8) is 0 Å². The van der Waals surface area contributed by atoms with E-state index in [1.54, 1.807) is 0 Å². The molecule has 0 amide bonds. The van der Waals surface area contributed by atoms with Gasteiger partial charge in [-0.25, -0.2) is 13.4 Å². The van der Waals surface area contributed by atoms with Crippen LogP contribution < -0.4 is 5.32 Å². The normalized spacial score (nSPS) is 23.5. The van der Waals surface area contributed by atoms with E-state index in [-0.39, 0.29) is 5.92 Å². The number of nitrogens with one attached hydrogen (secondary N) is 1. The maximum Gasteiger partial charge on any atom is 0.202 e. The molecule has 0 spiro atoms. The maximum absolute atomic E-state index is 11.3. The van der Waals surface area contributed by atoms with E-state index in [2.05, 4.69) is 10.3 Å². The Bertz CT molecular complexity index is 478. The number of nitrogens with zero attached hydrogens (tertiary/aromatic N) is 2. The van der Waals surface area contributed by atoms with Gasteiger partial charge in [-0.05, 0) is 19.3 Å². The predicted octanol–water partition coefficient (Wildman–Crippen LogP) is 0.575. The lowest BCUT2D eigenvalue weighted by molar-refractivity contribution is 0.595. The van der Waals surface area contributed by atoms with E-state index in [9.17, 15) is 8.42 Å². The second-order valence-corrected chi connectivity index (χ2v) is 6.70. The van der Waals surface area contributed by atoms with Crippen LogP contribution in [0.4, 0.5) is 5.95 Å². The molecule has 0 bridgehead atoms. The Morgan fingerprint density at radius 1 is 1.62 bits per heavy atom. The fourth-order valence-electron chi connectivity index (χ4n) is 2.05. The summed E-state index contributed by atoms with van der Waals surface area (Å²) in [6, 6.07) is 0. The summed E-state index contributed by atoms with van der Waals surface area (Å²) in [5.41, 5.74) is 0.962. The lowest BCUT2D eigenvalue weighted by Crippen LogP contribution is -2.17. The minimum Gasteiger partial charge on any atom is -0.355 e. The largest absolute Gasteiger partial charge is 0.355 e. The molecule has 2 rings (SSSR count). The standard InChI is InChI=1S/C10H17N3O2S/c1-8-6-13(2)10(12-8)11-5-9-3-4-16(14,15)7-9/h6,9H,3-5,7H2,1-2H3,(H,11,12). The average molecular weight is 243 g/mol. The van der Waals surface area contributed by atoms with Crippen LogP contribution >= 0.6 is 0 Å². The van der Waals surface area contributed by atoms with Crippen molar-refractivity contribution in [3.8, 4) is 0 Å². The summed E-state index contributed by atoms with van der Waals surface area (Å²) in [6.07, 6.45) is 2.70. The molecule has 90 valence electrons. The van der Waals surface area contributed by atoms with Crippen LogP contribution in [0.25, 0.3) is 0 Å². The SMILES string of the molecule is Cc1cn(C)c(NCC2CCS(=O)(=O)C2)n1. The number of hydrogen-bond donors (Lipinski definition) is 1. The molecule has 0 radical (unpaired) electrons. The summed E-state index contributed by atoms with van der Waals surface area (Å²) in [5.74, 6) is 1.67. The highest BCUT2D eigenvalue weighted by molar-refractivity contribution is 7.91. The van der Waals surface area contributed by atoms with Crippen LogP contribution in [0.1, 0.15) is 12.1 Å². The minimum absolute atomic E-state index is 0.224. The molecule has 2 heterocycles. The van der Waals surface area contributed by atoms with Crippen molar-refractivity contribution < 1.29 is 8.42 Å². The van der Waals surface area contributed by atoms with Crippen molar-refractivity contribution in [2.75, 3.05) is 23.4 Å². The van der Waals surface area contributed by atoms with Gasteiger partial charge in [-0.2, -0.15) is 0 Å². The van der Waals surface area contributed by atoms with Gasteiger partial charge in [0.15, 0.2) is 9.84 Å². The Morgan fingerprint density at radius 2 is 2.38 bits per heavy atom. The fourth-order valence-corrected chi connectivity index (χ4v) is 3.91.